The maximum absolute atomic E-state index is 12.1. The van der Waals surface area contributed by atoms with E-state index in [1.54, 1.807) is 36.4 Å². The van der Waals surface area contributed by atoms with Crippen molar-refractivity contribution in [2.45, 2.75) is 0 Å². The van der Waals surface area contributed by atoms with Gasteiger partial charge < -0.3 is 9.64 Å². The second-order valence-electron chi connectivity index (χ2n) is 5.78. The highest BCUT2D eigenvalue weighted by Gasteiger charge is 2.21. The maximum atomic E-state index is 12.1. The van der Waals surface area contributed by atoms with Crippen molar-refractivity contribution in [3.63, 3.8) is 0 Å². The Morgan fingerprint density at radius 3 is 2.70 bits per heavy atom. The van der Waals surface area contributed by atoms with Crippen LogP contribution in [0.25, 0.3) is 0 Å². The van der Waals surface area contributed by atoms with Gasteiger partial charge in [0, 0.05) is 29.2 Å². The van der Waals surface area contributed by atoms with Gasteiger partial charge >= 0.3 is 0 Å². The lowest BCUT2D eigenvalue weighted by atomic mass is 10.1. The quantitative estimate of drug-likeness (QED) is 0.444. The van der Waals surface area contributed by atoms with E-state index in [-0.39, 0.29) is 11.6 Å². The van der Waals surface area contributed by atoms with Crippen LogP contribution in [0.15, 0.2) is 52.0 Å². The summed E-state index contributed by atoms with van der Waals surface area (Å²) < 4.78 is 5.95. The Morgan fingerprint density at radius 1 is 1.26 bits per heavy atom. The van der Waals surface area contributed by atoms with Gasteiger partial charge in [-0.1, -0.05) is 18.2 Å². The number of hydrogen-bond donors (Lipinski definition) is 1. The van der Waals surface area contributed by atoms with Crippen LogP contribution >= 0.6 is 15.9 Å². The summed E-state index contributed by atoms with van der Waals surface area (Å²) in [6.45, 7) is 2.30. The molecule has 27 heavy (non-hydrogen) atoms. The minimum absolute atomic E-state index is 0.00187. The number of hydrazone groups is 1. The Morgan fingerprint density at radius 2 is 2.00 bits per heavy atom. The third-order valence-corrected chi connectivity index (χ3v) is 4.74. The fourth-order valence-corrected chi connectivity index (χ4v) is 3.17. The number of amides is 1. The van der Waals surface area contributed by atoms with Crippen molar-refractivity contribution in [2.75, 3.05) is 31.2 Å². The molecule has 1 fully saturated rings. The summed E-state index contributed by atoms with van der Waals surface area (Å²) in [6.07, 6.45) is 1.38. The van der Waals surface area contributed by atoms with Crippen LogP contribution in [-0.2, 0) is 4.74 Å². The standard InChI is InChI=1S/C18H17BrN4O4/c19-15-4-2-1-3-14(15)18(24)21-20-12-13-5-6-16(17(11-13)23(25)26)22-7-9-27-10-8-22/h1-6,11-12H,7-10H2,(H,21,24)/b20-12-. The fourth-order valence-electron chi connectivity index (χ4n) is 2.71. The van der Waals surface area contributed by atoms with Crippen LogP contribution in [0.3, 0.4) is 0 Å². The molecule has 1 heterocycles. The highest BCUT2D eigenvalue weighted by atomic mass is 79.9. The largest absolute Gasteiger partial charge is 0.378 e. The number of benzene rings is 2. The lowest BCUT2D eigenvalue weighted by molar-refractivity contribution is -0.384. The molecular formula is C18H17BrN4O4. The van der Waals surface area contributed by atoms with Gasteiger partial charge in [0.1, 0.15) is 5.69 Å². The van der Waals surface area contributed by atoms with E-state index in [2.05, 4.69) is 26.5 Å². The molecule has 0 unspecified atom stereocenters. The minimum atomic E-state index is -0.415. The molecule has 140 valence electrons. The number of nitrogens with zero attached hydrogens (tertiary/aromatic N) is 3. The second kappa shape index (κ2) is 8.74. The summed E-state index contributed by atoms with van der Waals surface area (Å²) >= 11 is 3.30. The van der Waals surface area contributed by atoms with Crippen LogP contribution in [-0.4, -0.2) is 43.3 Å². The predicted octanol–water partition coefficient (Wildman–Crippen LogP) is 2.96. The van der Waals surface area contributed by atoms with Crippen molar-refractivity contribution < 1.29 is 14.5 Å². The van der Waals surface area contributed by atoms with E-state index in [9.17, 15) is 14.9 Å². The molecule has 2 aromatic carbocycles. The van der Waals surface area contributed by atoms with Crippen LogP contribution in [0, 0.1) is 10.1 Å². The molecule has 1 aliphatic rings. The number of carbonyl (C=O) groups is 1. The van der Waals surface area contributed by atoms with Gasteiger partial charge in [-0.05, 0) is 34.1 Å². The Kier molecular flexibility index (Phi) is 6.15. The van der Waals surface area contributed by atoms with Crippen molar-refractivity contribution in [3.05, 3.63) is 68.2 Å². The number of nitro benzene ring substituents is 1. The first-order valence-corrected chi connectivity index (χ1v) is 9.04. The Hall–Kier alpha value is -2.78. The highest BCUT2D eigenvalue weighted by molar-refractivity contribution is 9.10. The summed E-state index contributed by atoms with van der Waals surface area (Å²) in [5, 5.41) is 15.3. The van der Waals surface area contributed by atoms with Gasteiger partial charge in [-0.2, -0.15) is 5.10 Å². The fraction of sp³-hybridized carbons (Fsp3) is 0.222. The van der Waals surface area contributed by atoms with E-state index in [0.29, 0.717) is 47.6 Å². The molecule has 1 aliphatic heterocycles. The first kappa shape index (κ1) is 19.0. The molecule has 2 aromatic rings. The zero-order chi connectivity index (χ0) is 19.2. The first-order valence-electron chi connectivity index (χ1n) is 8.25. The molecular weight excluding hydrogens is 416 g/mol. The summed E-state index contributed by atoms with van der Waals surface area (Å²) in [5.41, 5.74) is 3.94. The third kappa shape index (κ3) is 4.69. The number of nitro groups is 1. The zero-order valence-corrected chi connectivity index (χ0v) is 15.9. The van der Waals surface area contributed by atoms with Gasteiger partial charge in [-0.25, -0.2) is 5.43 Å². The van der Waals surface area contributed by atoms with Crippen molar-refractivity contribution >= 4 is 39.4 Å². The molecule has 9 heteroatoms. The van der Waals surface area contributed by atoms with Crippen LogP contribution in [0.1, 0.15) is 15.9 Å². The third-order valence-electron chi connectivity index (χ3n) is 4.05. The van der Waals surface area contributed by atoms with Gasteiger partial charge in [0.05, 0.1) is 29.9 Å². The van der Waals surface area contributed by atoms with Crippen molar-refractivity contribution in [3.8, 4) is 0 Å². The van der Waals surface area contributed by atoms with Gasteiger partial charge in [0.25, 0.3) is 11.6 Å². The number of hydrogen-bond acceptors (Lipinski definition) is 6. The lowest BCUT2D eigenvalue weighted by Gasteiger charge is -2.28. The van der Waals surface area contributed by atoms with Gasteiger partial charge in [-0.15, -0.1) is 0 Å². The number of nitrogens with one attached hydrogen (secondary N) is 1. The Labute approximate surface area is 164 Å². The monoisotopic (exact) mass is 432 g/mol. The van der Waals surface area contributed by atoms with Gasteiger partial charge in [0.2, 0.25) is 0 Å². The zero-order valence-electron chi connectivity index (χ0n) is 14.3. The summed E-state index contributed by atoms with van der Waals surface area (Å²) in [5.74, 6) is -0.377. The minimum Gasteiger partial charge on any atom is -0.378 e. The smallest absolute Gasteiger partial charge is 0.293 e. The number of ether oxygens (including phenoxy) is 1. The number of carbonyl (C=O) groups excluding carboxylic acids is 1. The predicted molar refractivity (Wildman–Crippen MR) is 105 cm³/mol. The molecule has 0 saturated carbocycles. The molecule has 1 amide bonds. The molecule has 0 spiro atoms. The highest BCUT2D eigenvalue weighted by Crippen LogP contribution is 2.29. The molecule has 1 N–H and O–H groups in total. The average molecular weight is 433 g/mol. The average Bonchev–Trinajstić information content (AvgIpc) is 2.68. The maximum Gasteiger partial charge on any atom is 0.293 e. The SMILES string of the molecule is O=C(N/N=C\c1ccc(N2CCOCC2)c([N+](=O)[O-])c1)c1ccccc1Br. The van der Waals surface area contributed by atoms with Crippen molar-refractivity contribution in [2.24, 2.45) is 5.10 Å². The summed E-state index contributed by atoms with van der Waals surface area (Å²) in [6, 6.07) is 11.8. The van der Waals surface area contributed by atoms with Crippen LogP contribution < -0.4 is 10.3 Å². The van der Waals surface area contributed by atoms with Gasteiger partial charge in [-0.3, -0.25) is 14.9 Å². The molecule has 1 saturated heterocycles. The molecule has 0 aliphatic carbocycles. The first-order chi connectivity index (χ1) is 13.1. The number of morpholine rings is 1. The second-order valence-corrected chi connectivity index (χ2v) is 6.64. The molecule has 8 nitrogen and oxygen atoms in total. The summed E-state index contributed by atoms with van der Waals surface area (Å²) in [4.78, 5) is 25.1. The van der Waals surface area contributed by atoms with E-state index in [1.165, 1.54) is 12.3 Å². The molecule has 0 bridgehead atoms. The van der Waals surface area contributed by atoms with Crippen LogP contribution in [0.2, 0.25) is 0 Å². The van der Waals surface area contributed by atoms with Gasteiger partial charge in [0.15, 0.2) is 0 Å². The van der Waals surface area contributed by atoms with Crippen molar-refractivity contribution in [1.29, 1.82) is 0 Å². The Balaban J connectivity index is 1.74. The van der Waals surface area contributed by atoms with E-state index in [4.69, 9.17) is 4.74 Å². The van der Waals surface area contributed by atoms with E-state index < -0.39 is 4.92 Å². The molecule has 0 radical (unpaired) electrons. The topological polar surface area (TPSA) is 97.1 Å². The van der Waals surface area contributed by atoms with E-state index in [0.717, 1.165) is 0 Å². The number of halogens is 1. The number of rotatable bonds is 5. The molecule has 0 aromatic heterocycles. The van der Waals surface area contributed by atoms with E-state index >= 15 is 0 Å². The normalized spacial score (nSPS) is 14.3. The van der Waals surface area contributed by atoms with Crippen LogP contribution in [0.4, 0.5) is 11.4 Å². The Bertz CT molecular complexity index is 881. The molecule has 0 atom stereocenters. The van der Waals surface area contributed by atoms with Crippen LogP contribution in [0.5, 0.6) is 0 Å². The molecule has 3 rings (SSSR count). The number of anilines is 1. The van der Waals surface area contributed by atoms with E-state index in [1.807, 2.05) is 4.90 Å². The lowest BCUT2D eigenvalue weighted by Crippen LogP contribution is -2.36. The van der Waals surface area contributed by atoms with Crippen molar-refractivity contribution in [1.82, 2.24) is 5.43 Å². The summed E-state index contributed by atoms with van der Waals surface area (Å²) in [7, 11) is 0.